The summed E-state index contributed by atoms with van der Waals surface area (Å²) in [5.41, 5.74) is 9.27. The lowest BCUT2D eigenvalue weighted by atomic mass is 9.44. The third-order valence-electron chi connectivity index (χ3n) is 26.0. The van der Waals surface area contributed by atoms with E-state index < -0.39 is 16.6 Å². The van der Waals surface area contributed by atoms with Crippen molar-refractivity contribution in [1.29, 1.82) is 0 Å². The lowest BCUT2D eigenvalue weighted by Gasteiger charge is -2.56. The number of phenolic OH excluding ortho intramolecular Hbond substituents is 1. The number of hydrogen-bond donors (Lipinski definition) is 8. The standard InChI is InChI=1S/C83H103N5O7/c1-4-35-85-50-56-39-54-28-36-86-49-55-17-13-18-57(41-55)64-23-22-63(89)46-68(64)73-65-26-34-83(71(95-79(91)76(73)83)43-52(5-2)38-53-15-7-6-8-16-53)75-66(65)24-25-67-70(94-78(90)74(67)75)27-33-80(61-29-37-87-72(45-61)84-3)47-59-44-62(81(92)30-11-12-31-81)21-14-32-82(93,60-19-9-10-20-60)51-88-77(69(59)48-80)58(40-54)42-56/h6-8,13,15-18,22-23,27,39-43,46,52,59-62,65-66,69,72,75,77,84-89,92-93H,4-5,9-12,19-20,24-26,28-38,44-45,47-51H2,1-3H3. The quantitative estimate of drug-likeness (QED) is 0.0384. The molecule has 0 aromatic heterocycles. The maximum absolute atomic E-state index is 15.7. The minimum absolute atomic E-state index is 0.00511. The fraction of sp³-hybridized carbons (Fsp3) is 0.566. The maximum atomic E-state index is 15.7. The Hall–Kier alpha value is -6.14. The number of rotatable bonds is 12. The molecule has 1 spiro atoms. The molecule has 14 bridgehead atoms. The molecule has 4 saturated carbocycles. The summed E-state index contributed by atoms with van der Waals surface area (Å²) in [7, 11) is 2.08. The molecule has 13 aliphatic rings. The van der Waals surface area contributed by atoms with E-state index in [0.29, 0.717) is 55.4 Å². The first-order valence-electron chi connectivity index (χ1n) is 37.2. The second-order valence-electron chi connectivity index (χ2n) is 31.3. The van der Waals surface area contributed by atoms with Crippen molar-refractivity contribution in [3.8, 4) is 28.7 Å². The van der Waals surface area contributed by atoms with Gasteiger partial charge in [0.05, 0.1) is 28.4 Å². The minimum Gasteiger partial charge on any atom is -0.508 e. The number of phenols is 1. The molecule has 12 heteroatoms. The van der Waals surface area contributed by atoms with Gasteiger partial charge < -0.3 is 51.4 Å². The monoisotopic (exact) mass is 1280 g/mol. The second kappa shape index (κ2) is 26.9. The van der Waals surface area contributed by atoms with E-state index >= 15 is 9.59 Å². The number of hydrogen-bond acceptors (Lipinski definition) is 12. The van der Waals surface area contributed by atoms with Crippen molar-refractivity contribution in [2.45, 2.75) is 198 Å². The summed E-state index contributed by atoms with van der Waals surface area (Å²) >= 11 is 0. The topological polar surface area (TPSA) is 173 Å². The molecule has 0 amide bonds. The van der Waals surface area contributed by atoms with E-state index in [9.17, 15) is 15.3 Å². The third-order valence-corrected chi connectivity index (χ3v) is 26.0. The van der Waals surface area contributed by atoms with Crippen LogP contribution in [0.2, 0.25) is 0 Å². The van der Waals surface area contributed by atoms with Crippen LogP contribution in [0, 0.1) is 75.9 Å². The van der Waals surface area contributed by atoms with E-state index in [2.05, 4.69) is 144 Å². The van der Waals surface area contributed by atoms with E-state index in [1.165, 1.54) is 22.3 Å². The highest BCUT2D eigenvalue weighted by Gasteiger charge is 2.69. The highest BCUT2D eigenvalue weighted by Crippen LogP contribution is 2.73. The van der Waals surface area contributed by atoms with Gasteiger partial charge in [-0.2, -0.15) is 0 Å². The zero-order chi connectivity index (χ0) is 65.1. The van der Waals surface area contributed by atoms with Crippen molar-refractivity contribution in [1.82, 2.24) is 26.6 Å². The summed E-state index contributed by atoms with van der Waals surface area (Å²) in [6, 6.07) is 32.3. The zero-order valence-corrected chi connectivity index (χ0v) is 56.6. The van der Waals surface area contributed by atoms with Gasteiger partial charge in [0.15, 0.2) is 0 Å². The molecule has 4 aromatic carbocycles. The Morgan fingerprint density at radius 2 is 1.61 bits per heavy atom. The smallest absolute Gasteiger partial charge is 0.340 e. The number of ether oxygens (including phenoxy) is 2. The van der Waals surface area contributed by atoms with Gasteiger partial charge in [0.2, 0.25) is 0 Å². The van der Waals surface area contributed by atoms with Crippen LogP contribution in [0.15, 0.2) is 131 Å². The highest BCUT2D eigenvalue weighted by atomic mass is 16.6. The molecule has 6 heterocycles. The molecular formula is C83H103N5O7. The Kier molecular flexibility index (Phi) is 18.4. The first-order chi connectivity index (χ1) is 46.3. The van der Waals surface area contributed by atoms with E-state index in [4.69, 9.17) is 9.47 Å². The van der Waals surface area contributed by atoms with E-state index in [-0.39, 0.29) is 82.7 Å². The Balaban J connectivity index is 0.919. The fourth-order valence-corrected chi connectivity index (χ4v) is 21.3. The number of esters is 2. The van der Waals surface area contributed by atoms with Gasteiger partial charge >= 0.3 is 11.9 Å². The average molecular weight is 1280 g/mol. The van der Waals surface area contributed by atoms with Gasteiger partial charge in [0.25, 0.3) is 0 Å². The number of aromatic hydroxyl groups is 1. The number of nitrogens with one attached hydrogen (secondary N) is 5. The maximum Gasteiger partial charge on any atom is 0.340 e. The Labute approximate surface area is 564 Å². The molecule has 17 rings (SSSR count). The van der Waals surface area contributed by atoms with Gasteiger partial charge in [0.1, 0.15) is 17.3 Å². The molecule has 4 aromatic rings. The lowest BCUT2D eigenvalue weighted by Crippen LogP contribution is -2.52. The van der Waals surface area contributed by atoms with Gasteiger partial charge in [-0.1, -0.05) is 124 Å². The van der Waals surface area contributed by atoms with Crippen molar-refractivity contribution < 1.29 is 34.4 Å². The normalized spacial score (nSPS) is 33.6. The summed E-state index contributed by atoms with van der Waals surface area (Å²) < 4.78 is 13.7. The highest BCUT2D eigenvalue weighted by molar-refractivity contribution is 6.07. The average Bonchev–Trinajstić information content (AvgIpc) is 1.65. The molecule has 13 unspecified atom stereocenters. The van der Waals surface area contributed by atoms with Crippen LogP contribution in [-0.4, -0.2) is 77.9 Å². The van der Waals surface area contributed by atoms with Crippen LogP contribution < -0.4 is 26.6 Å². The van der Waals surface area contributed by atoms with Crippen LogP contribution in [0.5, 0.6) is 5.75 Å². The number of allylic oxidation sites excluding steroid dienone is 5. The predicted octanol–water partition coefficient (Wildman–Crippen LogP) is 13.8. The molecule has 0 radical (unpaired) electrons. The van der Waals surface area contributed by atoms with Gasteiger partial charge in [-0.3, -0.25) is 0 Å². The summed E-state index contributed by atoms with van der Waals surface area (Å²) in [6.45, 7) is 8.86. The Morgan fingerprint density at radius 3 is 2.43 bits per heavy atom. The van der Waals surface area contributed by atoms with Crippen LogP contribution in [-0.2, 0) is 45.0 Å². The van der Waals surface area contributed by atoms with Gasteiger partial charge in [0, 0.05) is 55.1 Å². The number of cyclic esters (lactones) is 1. The third kappa shape index (κ3) is 12.2. The van der Waals surface area contributed by atoms with Crippen LogP contribution >= 0.6 is 0 Å². The first kappa shape index (κ1) is 64.8. The van der Waals surface area contributed by atoms with Gasteiger partial charge in [-0.25, -0.2) is 9.59 Å². The van der Waals surface area contributed by atoms with E-state index in [1.807, 2.05) is 12.1 Å². The number of benzene rings is 4. The number of β-amino-alcohol motifs (C(OH)–C–C–N with tert-alkyl or cyclic N) is 1. The number of carbonyl (C=O) groups excluding carboxylic acids is 2. The molecule has 2 saturated heterocycles. The predicted molar refractivity (Wildman–Crippen MR) is 373 cm³/mol. The molecule has 8 N–H and O–H groups in total. The van der Waals surface area contributed by atoms with Crippen molar-refractivity contribution >= 4 is 17.5 Å². The molecule has 95 heavy (non-hydrogen) atoms. The number of carbonyl (C=O) groups is 2. The van der Waals surface area contributed by atoms with Crippen LogP contribution in [0.25, 0.3) is 16.7 Å². The summed E-state index contributed by atoms with van der Waals surface area (Å²) in [6.07, 6.45) is 24.6. The minimum atomic E-state index is -1.03. The van der Waals surface area contributed by atoms with Crippen molar-refractivity contribution in [2.24, 2.45) is 64.1 Å². The summed E-state index contributed by atoms with van der Waals surface area (Å²) in [5.74, 6) is 8.53. The number of fused-ring (bicyclic) bond motifs is 5. The van der Waals surface area contributed by atoms with E-state index in [0.717, 1.165) is 194 Å². The molecular weight excluding hydrogens is 1180 g/mol. The number of piperidine rings is 1. The van der Waals surface area contributed by atoms with E-state index in [1.54, 1.807) is 6.07 Å². The fourth-order valence-electron chi connectivity index (χ4n) is 21.3. The largest absolute Gasteiger partial charge is 0.508 e. The van der Waals surface area contributed by atoms with Gasteiger partial charge in [-0.05, 0) is 270 Å². The summed E-state index contributed by atoms with van der Waals surface area (Å²) in [4.78, 5) is 31.2. The first-order valence-corrected chi connectivity index (χ1v) is 37.2. The van der Waals surface area contributed by atoms with Crippen LogP contribution in [0.4, 0.5) is 0 Å². The Bertz CT molecular complexity index is 3750. The summed E-state index contributed by atoms with van der Waals surface area (Å²) in [5, 5.41) is 57.4. The molecule has 6 fully saturated rings. The van der Waals surface area contributed by atoms with Crippen molar-refractivity contribution in [3.63, 3.8) is 0 Å². The van der Waals surface area contributed by atoms with Crippen molar-refractivity contribution in [2.75, 3.05) is 33.2 Å². The van der Waals surface area contributed by atoms with Crippen LogP contribution in [0.3, 0.4) is 0 Å². The Morgan fingerprint density at radius 1 is 0.758 bits per heavy atom. The molecule has 12 nitrogen and oxygen atoms in total. The lowest BCUT2D eigenvalue weighted by molar-refractivity contribution is -0.135. The molecule has 13 atom stereocenters. The van der Waals surface area contributed by atoms with Gasteiger partial charge in [-0.15, -0.1) is 0 Å². The second-order valence-corrected chi connectivity index (χ2v) is 31.3. The SMILES string of the molecule is CCCNCc1cc2cc(c1)C1NCC(O)(C3CCCC3)CC#CC(C3(O)CCCC3)CC3CC(C4CCNC(NC)C4)(CC=C4OC(=O)C5=C4CCC4C6CCC7(C(=CC(CC)Cc8ccccc8)OC(=O)C7=C6c6cc(O)ccc6-c6cccc(c6)CNCC2)C54)CC31. The van der Waals surface area contributed by atoms with Crippen molar-refractivity contribution in [3.05, 3.63) is 165 Å². The molecule has 6 aliphatic heterocycles. The molecule has 502 valence electrons. The molecule has 7 aliphatic carbocycles. The van der Waals surface area contributed by atoms with Crippen LogP contribution in [0.1, 0.15) is 188 Å². The number of aliphatic hydroxyl groups is 2. The zero-order valence-electron chi connectivity index (χ0n) is 56.6.